The highest BCUT2D eigenvalue weighted by Gasteiger charge is 2.21. The van der Waals surface area contributed by atoms with Gasteiger partial charge in [-0.1, -0.05) is 43.4 Å². The number of imidazole rings is 1. The van der Waals surface area contributed by atoms with Crippen LogP contribution in [0.5, 0.6) is 5.75 Å². The van der Waals surface area contributed by atoms with Crippen molar-refractivity contribution in [3.05, 3.63) is 71.8 Å². The van der Waals surface area contributed by atoms with Crippen molar-refractivity contribution < 1.29 is 9.53 Å². The van der Waals surface area contributed by atoms with Crippen LogP contribution in [0.25, 0.3) is 10.2 Å². The standard InChI is InChI=1S/C26H30N4O2S/c1-18(2)21-6-8-22(9-7-21)32-16-24(31)30(12-5-11-29-13-10-27-17-29)26-28-23-15-19(3)14-20(4)25(23)33-26/h6-10,13-15,17-18H,5,11-12,16H2,1-4H3. The maximum atomic E-state index is 13.3. The summed E-state index contributed by atoms with van der Waals surface area (Å²) in [4.78, 5) is 23.9. The van der Waals surface area contributed by atoms with Crippen molar-refractivity contribution in [3.63, 3.8) is 0 Å². The first-order valence-corrected chi connectivity index (χ1v) is 12.1. The molecule has 6 nitrogen and oxygen atoms in total. The number of aromatic nitrogens is 3. The SMILES string of the molecule is Cc1cc(C)c2sc(N(CCCn3ccnc3)C(=O)COc3ccc(C(C)C)cc3)nc2c1. The lowest BCUT2D eigenvalue weighted by Gasteiger charge is -2.20. The van der Waals surface area contributed by atoms with Crippen LogP contribution in [0.3, 0.4) is 0 Å². The largest absolute Gasteiger partial charge is 0.484 e. The van der Waals surface area contributed by atoms with E-state index in [1.54, 1.807) is 28.8 Å². The highest BCUT2D eigenvalue weighted by atomic mass is 32.1. The van der Waals surface area contributed by atoms with Gasteiger partial charge in [-0.2, -0.15) is 0 Å². The smallest absolute Gasteiger partial charge is 0.266 e. The predicted octanol–water partition coefficient (Wildman–Crippen LogP) is 5.74. The van der Waals surface area contributed by atoms with Crippen LogP contribution in [-0.2, 0) is 11.3 Å². The van der Waals surface area contributed by atoms with Crippen LogP contribution in [0.1, 0.15) is 42.9 Å². The first kappa shape index (κ1) is 23.0. The zero-order valence-corrected chi connectivity index (χ0v) is 20.4. The van der Waals surface area contributed by atoms with Crippen molar-refractivity contribution in [1.29, 1.82) is 0 Å². The highest BCUT2D eigenvalue weighted by molar-refractivity contribution is 7.22. The molecule has 0 radical (unpaired) electrons. The molecule has 0 aliphatic rings. The topological polar surface area (TPSA) is 60.2 Å². The van der Waals surface area contributed by atoms with Crippen molar-refractivity contribution in [3.8, 4) is 5.75 Å². The van der Waals surface area contributed by atoms with Crippen molar-refractivity contribution in [2.24, 2.45) is 0 Å². The fraction of sp³-hybridized carbons (Fsp3) is 0.346. The van der Waals surface area contributed by atoms with Gasteiger partial charge in [0.05, 0.1) is 16.5 Å². The Morgan fingerprint density at radius 1 is 1.18 bits per heavy atom. The number of carbonyl (C=O) groups is 1. The van der Waals surface area contributed by atoms with E-state index in [4.69, 9.17) is 9.72 Å². The van der Waals surface area contributed by atoms with Crippen LogP contribution in [-0.4, -0.2) is 33.6 Å². The van der Waals surface area contributed by atoms with Gasteiger partial charge in [-0.15, -0.1) is 0 Å². The van der Waals surface area contributed by atoms with Gasteiger partial charge in [0.25, 0.3) is 5.91 Å². The van der Waals surface area contributed by atoms with Crippen LogP contribution in [0, 0.1) is 13.8 Å². The number of benzene rings is 2. The lowest BCUT2D eigenvalue weighted by Crippen LogP contribution is -2.36. The van der Waals surface area contributed by atoms with Gasteiger partial charge in [0.15, 0.2) is 11.7 Å². The second-order valence-corrected chi connectivity index (χ2v) is 9.62. The van der Waals surface area contributed by atoms with E-state index in [9.17, 15) is 4.79 Å². The molecule has 0 saturated heterocycles. The van der Waals surface area contributed by atoms with Crippen LogP contribution in [0.2, 0.25) is 0 Å². The first-order chi connectivity index (χ1) is 15.9. The maximum Gasteiger partial charge on any atom is 0.266 e. The number of hydrogen-bond donors (Lipinski definition) is 0. The highest BCUT2D eigenvalue weighted by Crippen LogP contribution is 2.32. The van der Waals surface area contributed by atoms with Crippen molar-refractivity contribution in [2.75, 3.05) is 18.1 Å². The molecule has 0 aliphatic carbocycles. The van der Waals surface area contributed by atoms with E-state index in [0.717, 1.165) is 23.2 Å². The molecule has 4 aromatic rings. The van der Waals surface area contributed by atoms with E-state index in [1.165, 1.54) is 16.7 Å². The van der Waals surface area contributed by atoms with E-state index >= 15 is 0 Å². The Hall–Kier alpha value is -3.19. The number of ether oxygens (including phenoxy) is 1. The average molecular weight is 463 g/mol. The van der Waals surface area contributed by atoms with Gasteiger partial charge < -0.3 is 9.30 Å². The Morgan fingerprint density at radius 2 is 1.97 bits per heavy atom. The number of hydrogen-bond acceptors (Lipinski definition) is 5. The van der Waals surface area contributed by atoms with Gasteiger partial charge in [-0.3, -0.25) is 9.69 Å². The first-order valence-electron chi connectivity index (χ1n) is 11.3. The van der Waals surface area contributed by atoms with E-state index < -0.39 is 0 Å². The Labute approximate surface area is 198 Å². The summed E-state index contributed by atoms with van der Waals surface area (Å²) in [5.41, 5.74) is 4.53. The van der Waals surface area contributed by atoms with Crippen LogP contribution in [0.4, 0.5) is 5.13 Å². The van der Waals surface area contributed by atoms with Crippen molar-refractivity contribution in [2.45, 2.75) is 46.6 Å². The molecule has 0 atom stereocenters. The van der Waals surface area contributed by atoms with E-state index in [-0.39, 0.29) is 12.5 Å². The zero-order valence-electron chi connectivity index (χ0n) is 19.6. The number of carbonyl (C=O) groups excluding carboxylic acids is 1. The molecule has 2 aromatic heterocycles. The monoisotopic (exact) mass is 462 g/mol. The molecular formula is C26H30N4O2S. The summed E-state index contributed by atoms with van der Waals surface area (Å²) in [5, 5.41) is 0.716. The molecule has 0 bridgehead atoms. The summed E-state index contributed by atoms with van der Waals surface area (Å²) in [5.74, 6) is 1.06. The molecule has 1 amide bonds. The lowest BCUT2D eigenvalue weighted by atomic mass is 10.0. The minimum atomic E-state index is -0.0954. The fourth-order valence-corrected chi connectivity index (χ4v) is 4.87. The Balaban J connectivity index is 1.51. The molecule has 0 unspecified atom stereocenters. The maximum absolute atomic E-state index is 13.3. The van der Waals surface area contributed by atoms with Crippen LogP contribution >= 0.6 is 11.3 Å². The van der Waals surface area contributed by atoms with E-state index in [1.807, 2.05) is 35.0 Å². The summed E-state index contributed by atoms with van der Waals surface area (Å²) in [6.07, 6.45) is 6.28. The fourth-order valence-electron chi connectivity index (χ4n) is 3.81. The number of nitrogens with zero attached hydrogens (tertiary/aromatic N) is 4. The summed E-state index contributed by atoms with van der Waals surface area (Å²) >= 11 is 1.56. The number of fused-ring (bicyclic) bond motifs is 1. The van der Waals surface area contributed by atoms with Gasteiger partial charge in [0.1, 0.15) is 5.75 Å². The Kier molecular flexibility index (Phi) is 7.08. The Bertz CT molecular complexity index is 1210. The number of amides is 1. The van der Waals surface area contributed by atoms with Crippen molar-refractivity contribution >= 4 is 32.6 Å². The quantitative estimate of drug-likeness (QED) is 0.318. The third kappa shape index (κ3) is 5.60. The van der Waals surface area contributed by atoms with Crippen molar-refractivity contribution in [1.82, 2.24) is 14.5 Å². The molecule has 2 aromatic carbocycles. The van der Waals surface area contributed by atoms with Crippen LogP contribution in [0.15, 0.2) is 55.1 Å². The van der Waals surface area contributed by atoms with Gasteiger partial charge in [0, 0.05) is 25.5 Å². The normalized spacial score (nSPS) is 11.3. The molecule has 0 N–H and O–H groups in total. The number of anilines is 1. The lowest BCUT2D eigenvalue weighted by molar-refractivity contribution is -0.120. The van der Waals surface area contributed by atoms with Gasteiger partial charge in [-0.25, -0.2) is 9.97 Å². The molecule has 2 heterocycles. The zero-order chi connectivity index (χ0) is 23.4. The summed E-state index contributed by atoms with van der Waals surface area (Å²) < 4.78 is 8.98. The van der Waals surface area contributed by atoms with Crippen LogP contribution < -0.4 is 9.64 Å². The van der Waals surface area contributed by atoms with E-state index in [0.29, 0.717) is 23.3 Å². The molecular weight excluding hydrogens is 432 g/mol. The molecule has 0 aliphatic heterocycles. The second kappa shape index (κ2) is 10.2. The van der Waals surface area contributed by atoms with Gasteiger partial charge in [0.2, 0.25) is 0 Å². The minimum Gasteiger partial charge on any atom is -0.484 e. The number of rotatable bonds is 9. The van der Waals surface area contributed by atoms with Gasteiger partial charge >= 0.3 is 0 Å². The molecule has 33 heavy (non-hydrogen) atoms. The average Bonchev–Trinajstić information content (AvgIpc) is 3.45. The molecule has 0 saturated carbocycles. The summed E-state index contributed by atoms with van der Waals surface area (Å²) in [6, 6.07) is 12.2. The summed E-state index contributed by atoms with van der Waals surface area (Å²) in [6.45, 7) is 9.78. The minimum absolute atomic E-state index is 0.0277. The molecule has 4 rings (SSSR count). The molecule has 7 heteroatoms. The molecule has 0 fully saturated rings. The third-order valence-electron chi connectivity index (χ3n) is 5.61. The van der Waals surface area contributed by atoms with E-state index in [2.05, 4.69) is 44.8 Å². The molecule has 172 valence electrons. The number of thiazole rings is 1. The summed E-state index contributed by atoms with van der Waals surface area (Å²) in [7, 11) is 0. The number of aryl methyl sites for hydroxylation is 3. The predicted molar refractivity (Wildman–Crippen MR) is 134 cm³/mol. The Morgan fingerprint density at radius 3 is 2.67 bits per heavy atom. The second-order valence-electron chi connectivity index (χ2n) is 8.64. The van der Waals surface area contributed by atoms with Gasteiger partial charge in [-0.05, 0) is 61.1 Å². The third-order valence-corrected chi connectivity index (χ3v) is 6.84. The molecule has 0 spiro atoms.